The van der Waals surface area contributed by atoms with Crippen molar-refractivity contribution in [2.75, 3.05) is 6.61 Å². The number of fused-ring (bicyclic) bond motifs is 3. The zero-order valence-corrected chi connectivity index (χ0v) is 16.5. The SMILES string of the molecule is CCCCc1nc2cnc3cc(Br)sc3c2n1CCCCOC(N)=O. The van der Waals surface area contributed by atoms with Crippen LogP contribution in [0.25, 0.3) is 21.3 Å². The topological polar surface area (TPSA) is 83.0 Å². The summed E-state index contributed by atoms with van der Waals surface area (Å²) in [6, 6.07) is 2.04. The van der Waals surface area contributed by atoms with Gasteiger partial charge in [-0.15, -0.1) is 11.3 Å². The van der Waals surface area contributed by atoms with Crippen molar-refractivity contribution >= 4 is 54.6 Å². The second kappa shape index (κ2) is 8.14. The van der Waals surface area contributed by atoms with Crippen LogP contribution in [-0.2, 0) is 17.7 Å². The van der Waals surface area contributed by atoms with Gasteiger partial charge in [0.1, 0.15) is 11.3 Å². The van der Waals surface area contributed by atoms with Gasteiger partial charge < -0.3 is 15.0 Å². The van der Waals surface area contributed by atoms with E-state index in [-0.39, 0.29) is 0 Å². The maximum atomic E-state index is 10.7. The van der Waals surface area contributed by atoms with Gasteiger partial charge in [0.2, 0.25) is 0 Å². The van der Waals surface area contributed by atoms with Crippen LogP contribution in [-0.4, -0.2) is 27.2 Å². The first-order valence-corrected chi connectivity index (χ1v) is 10.1. The van der Waals surface area contributed by atoms with Gasteiger partial charge in [-0.1, -0.05) is 13.3 Å². The van der Waals surface area contributed by atoms with Crippen molar-refractivity contribution in [3.05, 3.63) is 21.9 Å². The molecule has 134 valence electrons. The number of pyridine rings is 1. The predicted octanol–water partition coefficient (Wildman–Crippen LogP) is 4.63. The number of halogens is 1. The van der Waals surface area contributed by atoms with Crippen LogP contribution in [0.4, 0.5) is 4.79 Å². The number of thiophene rings is 1. The molecule has 3 rings (SSSR count). The molecule has 0 atom stereocenters. The molecule has 3 aromatic heterocycles. The molecule has 8 heteroatoms. The third-order valence-electron chi connectivity index (χ3n) is 4.07. The van der Waals surface area contributed by atoms with Crippen LogP contribution in [0.1, 0.15) is 38.4 Å². The second-order valence-electron chi connectivity index (χ2n) is 5.91. The number of aromatic nitrogens is 3. The number of carbonyl (C=O) groups excluding carboxylic acids is 1. The highest BCUT2D eigenvalue weighted by Crippen LogP contribution is 2.34. The van der Waals surface area contributed by atoms with Crippen molar-refractivity contribution in [3.8, 4) is 0 Å². The molecule has 2 N–H and O–H groups in total. The quantitative estimate of drug-likeness (QED) is 0.534. The first-order valence-electron chi connectivity index (χ1n) is 8.45. The van der Waals surface area contributed by atoms with Crippen molar-refractivity contribution in [3.63, 3.8) is 0 Å². The molecule has 0 spiro atoms. The predicted molar refractivity (Wildman–Crippen MR) is 104 cm³/mol. The van der Waals surface area contributed by atoms with Gasteiger partial charge in [-0.3, -0.25) is 4.98 Å². The number of imidazole rings is 1. The molecule has 0 bridgehead atoms. The molecule has 0 aromatic carbocycles. The van der Waals surface area contributed by atoms with Gasteiger partial charge in [-0.05, 0) is 41.3 Å². The van der Waals surface area contributed by atoms with E-state index in [0.717, 1.165) is 69.5 Å². The Morgan fingerprint density at radius 2 is 2.20 bits per heavy atom. The van der Waals surface area contributed by atoms with E-state index >= 15 is 0 Å². The van der Waals surface area contributed by atoms with Crippen molar-refractivity contribution < 1.29 is 9.53 Å². The van der Waals surface area contributed by atoms with Crippen molar-refractivity contribution in [2.24, 2.45) is 5.73 Å². The summed E-state index contributed by atoms with van der Waals surface area (Å²) in [5.74, 6) is 1.10. The lowest BCUT2D eigenvalue weighted by Crippen LogP contribution is -2.14. The highest BCUT2D eigenvalue weighted by atomic mass is 79.9. The molecular weight excluding hydrogens is 404 g/mol. The molecule has 0 aliphatic rings. The molecular formula is C17H21BrN4O2S. The molecule has 6 nitrogen and oxygen atoms in total. The number of hydrogen-bond donors (Lipinski definition) is 1. The number of primary amides is 1. The summed E-state index contributed by atoms with van der Waals surface area (Å²) in [5.41, 5.74) is 8.09. The Morgan fingerprint density at radius 3 is 2.96 bits per heavy atom. The van der Waals surface area contributed by atoms with Gasteiger partial charge >= 0.3 is 6.09 Å². The van der Waals surface area contributed by atoms with E-state index < -0.39 is 6.09 Å². The average molecular weight is 425 g/mol. The second-order valence-corrected chi connectivity index (χ2v) is 8.35. The van der Waals surface area contributed by atoms with Gasteiger partial charge in [-0.25, -0.2) is 9.78 Å². The summed E-state index contributed by atoms with van der Waals surface area (Å²) in [7, 11) is 0. The summed E-state index contributed by atoms with van der Waals surface area (Å²) in [4.78, 5) is 20.0. The number of carbonyl (C=O) groups is 1. The monoisotopic (exact) mass is 424 g/mol. The molecule has 0 unspecified atom stereocenters. The number of aryl methyl sites for hydroxylation is 2. The van der Waals surface area contributed by atoms with Crippen LogP contribution in [0.2, 0.25) is 0 Å². The minimum absolute atomic E-state index is 0.355. The fourth-order valence-electron chi connectivity index (χ4n) is 2.91. The largest absolute Gasteiger partial charge is 0.450 e. The first-order chi connectivity index (χ1) is 12.1. The summed E-state index contributed by atoms with van der Waals surface area (Å²) in [6.45, 7) is 3.38. The molecule has 0 aliphatic carbocycles. The van der Waals surface area contributed by atoms with Crippen LogP contribution >= 0.6 is 27.3 Å². The summed E-state index contributed by atoms with van der Waals surface area (Å²) in [6.07, 6.45) is 6.02. The van der Waals surface area contributed by atoms with Crippen molar-refractivity contribution in [1.82, 2.24) is 14.5 Å². The molecule has 0 aliphatic heterocycles. The van der Waals surface area contributed by atoms with E-state index in [2.05, 4.69) is 32.4 Å². The fraction of sp³-hybridized carbons (Fsp3) is 0.471. The Labute approximate surface area is 158 Å². The van der Waals surface area contributed by atoms with E-state index in [1.165, 1.54) is 0 Å². The maximum Gasteiger partial charge on any atom is 0.404 e. The Hall–Kier alpha value is -1.67. The number of nitrogens with two attached hydrogens (primary N) is 1. The molecule has 3 heterocycles. The molecule has 0 saturated heterocycles. The number of rotatable bonds is 8. The zero-order chi connectivity index (χ0) is 17.8. The lowest BCUT2D eigenvalue weighted by molar-refractivity contribution is 0.154. The molecule has 1 amide bonds. The van der Waals surface area contributed by atoms with Gasteiger partial charge in [-0.2, -0.15) is 0 Å². The van der Waals surface area contributed by atoms with Gasteiger partial charge in [0.15, 0.2) is 0 Å². The van der Waals surface area contributed by atoms with E-state index in [1.807, 2.05) is 12.3 Å². The Morgan fingerprint density at radius 1 is 1.36 bits per heavy atom. The van der Waals surface area contributed by atoms with Gasteiger partial charge in [0.25, 0.3) is 0 Å². The molecule has 0 saturated carbocycles. The molecule has 25 heavy (non-hydrogen) atoms. The van der Waals surface area contributed by atoms with Crippen LogP contribution in [0, 0.1) is 0 Å². The standard InChI is InChI=1S/C17H21BrN4O2S/c1-2-3-6-14-21-12-10-20-11-9-13(18)25-16(11)15(12)22(14)7-4-5-8-24-17(19)23/h9-10H,2-8H2,1H3,(H2,19,23). The summed E-state index contributed by atoms with van der Waals surface area (Å²) < 4.78 is 9.35. The van der Waals surface area contributed by atoms with Gasteiger partial charge in [0.05, 0.1) is 32.3 Å². The highest BCUT2D eigenvalue weighted by molar-refractivity contribution is 9.11. The Kier molecular flexibility index (Phi) is 5.90. The van der Waals surface area contributed by atoms with Crippen LogP contribution in [0.5, 0.6) is 0 Å². The number of amides is 1. The summed E-state index contributed by atoms with van der Waals surface area (Å²) >= 11 is 5.25. The van der Waals surface area contributed by atoms with Crippen molar-refractivity contribution in [1.29, 1.82) is 0 Å². The first kappa shape index (κ1) is 18.1. The van der Waals surface area contributed by atoms with Crippen LogP contribution in [0.15, 0.2) is 16.0 Å². The number of hydrogen-bond acceptors (Lipinski definition) is 5. The summed E-state index contributed by atoms with van der Waals surface area (Å²) in [5, 5.41) is 0. The number of nitrogens with zero attached hydrogens (tertiary/aromatic N) is 3. The average Bonchev–Trinajstić information content (AvgIpc) is 3.11. The van der Waals surface area contributed by atoms with E-state index in [1.54, 1.807) is 11.3 Å². The number of unbranched alkanes of at least 4 members (excludes halogenated alkanes) is 2. The van der Waals surface area contributed by atoms with E-state index in [0.29, 0.717) is 6.61 Å². The zero-order valence-electron chi connectivity index (χ0n) is 14.1. The Balaban J connectivity index is 1.91. The molecule has 3 aromatic rings. The van der Waals surface area contributed by atoms with Gasteiger partial charge in [0, 0.05) is 13.0 Å². The number of ether oxygens (including phenoxy) is 1. The third-order valence-corrected chi connectivity index (χ3v) is 5.71. The van der Waals surface area contributed by atoms with Crippen molar-refractivity contribution in [2.45, 2.75) is 45.6 Å². The molecule has 0 radical (unpaired) electrons. The third kappa shape index (κ3) is 4.12. The normalized spacial score (nSPS) is 11.4. The molecule has 0 fully saturated rings. The van der Waals surface area contributed by atoms with Crippen LogP contribution < -0.4 is 5.73 Å². The van der Waals surface area contributed by atoms with Crippen LogP contribution in [0.3, 0.4) is 0 Å². The minimum atomic E-state index is -0.715. The maximum absolute atomic E-state index is 10.7. The van der Waals surface area contributed by atoms with E-state index in [4.69, 9.17) is 15.5 Å². The minimum Gasteiger partial charge on any atom is -0.450 e. The smallest absolute Gasteiger partial charge is 0.404 e. The fourth-order valence-corrected chi connectivity index (χ4v) is 4.50. The lowest BCUT2D eigenvalue weighted by atomic mass is 10.2. The lowest BCUT2D eigenvalue weighted by Gasteiger charge is -2.09. The van der Waals surface area contributed by atoms with E-state index in [9.17, 15) is 4.79 Å². The highest BCUT2D eigenvalue weighted by Gasteiger charge is 2.15. The Bertz CT molecular complexity index is 890.